The molecular weight excluding hydrogens is 526 g/mol. The minimum absolute atomic E-state index is 0. The quantitative estimate of drug-likeness (QED) is 0.178. The first-order chi connectivity index (χ1) is 11.9. The molecule has 15 heteroatoms. The fraction of sp³-hybridized carbons (Fsp3) is 0.917. The van der Waals surface area contributed by atoms with Gasteiger partial charge in [-0.2, -0.15) is 17.5 Å². The number of guanidine groups is 1. The van der Waals surface area contributed by atoms with Crippen LogP contribution in [0.3, 0.4) is 0 Å². The van der Waals surface area contributed by atoms with Gasteiger partial charge in [-0.05, 0) is 19.8 Å². The molecule has 0 aromatic rings. The number of nitrogens with one attached hydrogen (secondary N) is 3. The van der Waals surface area contributed by atoms with E-state index in [1.165, 1.54) is 14.0 Å². The number of sulfonamides is 2. The lowest BCUT2D eigenvalue weighted by Crippen LogP contribution is -2.52. The molecule has 1 aliphatic heterocycles. The zero-order valence-electron chi connectivity index (χ0n) is 14.9. The molecule has 9 nitrogen and oxygen atoms in total. The molecule has 0 atom stereocenters. The van der Waals surface area contributed by atoms with Gasteiger partial charge in [0, 0.05) is 39.3 Å². The molecule has 1 heterocycles. The molecule has 0 spiro atoms. The van der Waals surface area contributed by atoms with E-state index >= 15 is 0 Å². The van der Waals surface area contributed by atoms with Crippen LogP contribution in [-0.2, 0) is 20.0 Å². The van der Waals surface area contributed by atoms with Crippen molar-refractivity contribution < 1.29 is 30.0 Å². The number of hydrogen-bond acceptors (Lipinski definition) is 5. The first-order valence-corrected chi connectivity index (χ1v) is 11.0. The maximum Gasteiger partial charge on any atom is 0.511 e. The molecule has 1 rings (SSSR count). The summed E-state index contributed by atoms with van der Waals surface area (Å²) in [5.41, 5.74) is -5.29. The second-order valence-corrected chi connectivity index (χ2v) is 9.59. The molecule has 1 fully saturated rings. The summed E-state index contributed by atoms with van der Waals surface area (Å²) in [5, 5.41) is 5.87. The van der Waals surface area contributed by atoms with Crippen molar-refractivity contribution in [3.8, 4) is 0 Å². The standard InChI is InChI=1S/C12H24F3N5O4S2.HI/c1-3-25(21,22)18-7-6-17-11(16-2)19-10-4-8-20(9-5-10)26(23,24)12(13,14)15;/h10,18H,3-9H2,1-2H3,(H2,16,17,19);1H. The Hall–Kier alpha value is -0.390. The van der Waals surface area contributed by atoms with E-state index in [1.807, 2.05) is 0 Å². The molecule has 1 saturated heterocycles. The Balaban J connectivity index is 0.00000676. The normalized spacial score (nSPS) is 18.0. The smallest absolute Gasteiger partial charge is 0.355 e. The van der Waals surface area contributed by atoms with Crippen molar-refractivity contribution in [3.05, 3.63) is 0 Å². The van der Waals surface area contributed by atoms with Gasteiger partial charge < -0.3 is 10.6 Å². The highest BCUT2D eigenvalue weighted by atomic mass is 127. The lowest BCUT2D eigenvalue weighted by atomic mass is 10.1. The van der Waals surface area contributed by atoms with Crippen molar-refractivity contribution in [3.63, 3.8) is 0 Å². The van der Waals surface area contributed by atoms with Gasteiger partial charge in [0.25, 0.3) is 0 Å². The first-order valence-electron chi connectivity index (χ1n) is 7.94. The molecule has 0 bridgehead atoms. The number of nitrogens with zero attached hydrogens (tertiary/aromatic N) is 2. The molecule has 0 aliphatic carbocycles. The van der Waals surface area contributed by atoms with Crippen LogP contribution in [0.2, 0.25) is 0 Å². The zero-order chi connectivity index (χ0) is 20.0. The topological polar surface area (TPSA) is 120 Å². The molecule has 0 aromatic carbocycles. The van der Waals surface area contributed by atoms with E-state index in [0.717, 1.165) is 0 Å². The molecule has 0 aromatic heterocycles. The number of aliphatic imine (C=N–C) groups is 1. The Bertz CT molecular complexity index is 692. The molecule has 0 amide bonds. The summed E-state index contributed by atoms with van der Waals surface area (Å²) in [5.74, 6) is 0.331. The number of alkyl halides is 3. The van der Waals surface area contributed by atoms with Gasteiger partial charge in [0.1, 0.15) is 0 Å². The Labute approximate surface area is 174 Å². The summed E-state index contributed by atoms with van der Waals surface area (Å²) in [6.07, 6.45) is 0.386. The largest absolute Gasteiger partial charge is 0.511 e. The summed E-state index contributed by atoms with van der Waals surface area (Å²) in [6, 6.07) is -0.242. The number of rotatable bonds is 7. The van der Waals surface area contributed by atoms with E-state index in [9.17, 15) is 30.0 Å². The van der Waals surface area contributed by atoms with E-state index in [1.54, 1.807) is 0 Å². The summed E-state index contributed by atoms with van der Waals surface area (Å²) in [4.78, 5) is 3.95. The number of hydrogen-bond donors (Lipinski definition) is 3. The highest BCUT2D eigenvalue weighted by Crippen LogP contribution is 2.28. The molecule has 162 valence electrons. The van der Waals surface area contributed by atoms with Gasteiger partial charge in [-0.1, -0.05) is 0 Å². The van der Waals surface area contributed by atoms with Gasteiger partial charge in [-0.15, -0.1) is 24.0 Å². The van der Waals surface area contributed by atoms with Crippen LogP contribution >= 0.6 is 24.0 Å². The maximum absolute atomic E-state index is 12.5. The van der Waals surface area contributed by atoms with E-state index in [0.29, 0.717) is 10.3 Å². The lowest BCUT2D eigenvalue weighted by Gasteiger charge is -2.32. The minimum atomic E-state index is -5.30. The van der Waals surface area contributed by atoms with Crippen molar-refractivity contribution >= 4 is 50.0 Å². The van der Waals surface area contributed by atoms with Gasteiger partial charge in [-0.25, -0.2) is 21.6 Å². The van der Waals surface area contributed by atoms with Crippen molar-refractivity contribution in [1.82, 2.24) is 19.7 Å². The van der Waals surface area contributed by atoms with Gasteiger partial charge >= 0.3 is 15.5 Å². The molecular formula is C12H25F3IN5O4S2. The molecule has 1 aliphatic rings. The fourth-order valence-electron chi connectivity index (χ4n) is 2.26. The van der Waals surface area contributed by atoms with E-state index in [2.05, 4.69) is 20.3 Å². The summed E-state index contributed by atoms with van der Waals surface area (Å²) in [7, 11) is -7.09. The average molecular weight is 551 g/mol. The van der Waals surface area contributed by atoms with Gasteiger partial charge in [0.15, 0.2) is 5.96 Å². The van der Waals surface area contributed by atoms with Crippen LogP contribution in [0.25, 0.3) is 0 Å². The van der Waals surface area contributed by atoms with Crippen LogP contribution in [-0.4, -0.2) is 77.6 Å². The third-order valence-electron chi connectivity index (χ3n) is 3.77. The second-order valence-electron chi connectivity index (χ2n) is 5.57. The maximum atomic E-state index is 12.5. The third-order valence-corrected chi connectivity index (χ3v) is 6.80. The van der Waals surface area contributed by atoms with Crippen LogP contribution < -0.4 is 15.4 Å². The molecule has 0 saturated carbocycles. The van der Waals surface area contributed by atoms with Crippen LogP contribution in [0.15, 0.2) is 4.99 Å². The molecule has 0 radical (unpaired) electrons. The van der Waals surface area contributed by atoms with Crippen LogP contribution in [0.1, 0.15) is 19.8 Å². The summed E-state index contributed by atoms with van der Waals surface area (Å²) in [6.45, 7) is 1.44. The zero-order valence-corrected chi connectivity index (χ0v) is 18.9. The number of piperidine rings is 1. The predicted octanol–water partition coefficient (Wildman–Crippen LogP) is 0.0227. The second kappa shape index (κ2) is 11.0. The van der Waals surface area contributed by atoms with E-state index < -0.39 is 25.6 Å². The Kier molecular flexibility index (Phi) is 10.8. The minimum Gasteiger partial charge on any atom is -0.355 e. The lowest BCUT2D eigenvalue weighted by molar-refractivity contribution is -0.0494. The number of halogens is 4. The highest BCUT2D eigenvalue weighted by Gasteiger charge is 2.50. The molecule has 27 heavy (non-hydrogen) atoms. The van der Waals surface area contributed by atoms with E-state index in [4.69, 9.17) is 0 Å². The molecule has 0 unspecified atom stereocenters. The summed E-state index contributed by atoms with van der Waals surface area (Å²) < 4.78 is 85.7. The molecule has 3 N–H and O–H groups in total. The average Bonchev–Trinajstić information content (AvgIpc) is 2.57. The van der Waals surface area contributed by atoms with Crippen LogP contribution in [0.4, 0.5) is 13.2 Å². The van der Waals surface area contributed by atoms with E-state index in [-0.39, 0.29) is 74.8 Å². The van der Waals surface area contributed by atoms with Crippen LogP contribution in [0, 0.1) is 0 Å². The summed E-state index contributed by atoms with van der Waals surface area (Å²) >= 11 is 0. The van der Waals surface area contributed by atoms with Gasteiger partial charge in [0.2, 0.25) is 10.0 Å². The van der Waals surface area contributed by atoms with Crippen molar-refractivity contribution in [2.24, 2.45) is 4.99 Å². The monoisotopic (exact) mass is 551 g/mol. The van der Waals surface area contributed by atoms with Crippen molar-refractivity contribution in [2.45, 2.75) is 31.3 Å². The van der Waals surface area contributed by atoms with Crippen molar-refractivity contribution in [2.75, 3.05) is 39.0 Å². The fourth-order valence-corrected chi connectivity index (χ4v) is 3.87. The highest BCUT2D eigenvalue weighted by molar-refractivity contribution is 14.0. The third kappa shape index (κ3) is 8.25. The van der Waals surface area contributed by atoms with Gasteiger partial charge in [0.05, 0.1) is 5.75 Å². The SMILES string of the molecule is CCS(=O)(=O)NCCNC(=NC)NC1CCN(S(=O)(=O)C(F)(F)F)CC1.I. The Morgan fingerprint density at radius 3 is 2.15 bits per heavy atom. The van der Waals surface area contributed by atoms with Crippen molar-refractivity contribution in [1.29, 1.82) is 0 Å². The Morgan fingerprint density at radius 1 is 1.15 bits per heavy atom. The first kappa shape index (κ1) is 26.6. The van der Waals surface area contributed by atoms with Crippen LogP contribution in [0.5, 0.6) is 0 Å². The van der Waals surface area contributed by atoms with Gasteiger partial charge in [-0.3, -0.25) is 4.99 Å². The Morgan fingerprint density at radius 2 is 1.70 bits per heavy atom. The predicted molar refractivity (Wildman–Crippen MR) is 107 cm³/mol.